The van der Waals surface area contributed by atoms with Gasteiger partial charge in [-0.25, -0.2) is 17.5 Å². The van der Waals surface area contributed by atoms with Gasteiger partial charge in [-0.3, -0.25) is 0 Å². The van der Waals surface area contributed by atoms with E-state index in [0.717, 1.165) is 21.2 Å². The Morgan fingerprint density at radius 3 is 2.54 bits per heavy atom. The summed E-state index contributed by atoms with van der Waals surface area (Å²) in [5.74, 6) is -0.385. The topological polar surface area (TPSA) is 63.7 Å². The Bertz CT molecular complexity index is 838. The largest absolute Gasteiger partial charge is 0.457 e. The second-order valence-corrected chi connectivity index (χ2v) is 8.96. The van der Waals surface area contributed by atoms with Crippen molar-refractivity contribution in [3.63, 3.8) is 0 Å². The molecule has 0 spiro atoms. The number of thiophene rings is 1. The Hall–Kier alpha value is -1.70. The van der Waals surface area contributed by atoms with E-state index in [4.69, 9.17) is 4.74 Å². The SMILES string of the molecule is CCc1cc(C(=O)OCc2cccc(S(=O)(=O)N(C)C)c2)sc1C. The van der Waals surface area contributed by atoms with Crippen LogP contribution in [0.15, 0.2) is 35.2 Å². The number of nitrogens with zero attached hydrogens (tertiary/aromatic N) is 1. The lowest BCUT2D eigenvalue weighted by Gasteiger charge is -2.12. The van der Waals surface area contributed by atoms with Crippen LogP contribution >= 0.6 is 11.3 Å². The maximum absolute atomic E-state index is 12.2. The summed E-state index contributed by atoms with van der Waals surface area (Å²) in [6, 6.07) is 8.29. The van der Waals surface area contributed by atoms with Crippen LogP contribution in [0.2, 0.25) is 0 Å². The van der Waals surface area contributed by atoms with Gasteiger partial charge >= 0.3 is 5.97 Å². The van der Waals surface area contributed by atoms with Crippen molar-refractivity contribution in [1.82, 2.24) is 4.31 Å². The number of benzene rings is 1. The lowest BCUT2D eigenvalue weighted by atomic mass is 10.2. The number of aryl methyl sites for hydroxylation is 2. The van der Waals surface area contributed by atoms with Crippen molar-refractivity contribution in [2.75, 3.05) is 14.1 Å². The van der Waals surface area contributed by atoms with Gasteiger partial charge in [-0.05, 0) is 42.7 Å². The fourth-order valence-electron chi connectivity index (χ4n) is 2.20. The molecule has 0 atom stereocenters. The third-order valence-corrected chi connectivity index (χ3v) is 6.53. The molecule has 0 fully saturated rings. The second kappa shape index (κ2) is 7.46. The Labute approximate surface area is 146 Å². The summed E-state index contributed by atoms with van der Waals surface area (Å²) >= 11 is 1.42. The molecule has 0 aliphatic heterocycles. The molecule has 1 heterocycles. The van der Waals surface area contributed by atoms with Gasteiger partial charge in [0.15, 0.2) is 0 Å². The second-order valence-electron chi connectivity index (χ2n) is 5.56. The normalized spacial score (nSPS) is 11.7. The monoisotopic (exact) mass is 367 g/mol. The van der Waals surface area contributed by atoms with Gasteiger partial charge in [0.05, 0.1) is 4.90 Å². The number of carbonyl (C=O) groups excluding carboxylic acids is 1. The first-order chi connectivity index (χ1) is 11.3. The van der Waals surface area contributed by atoms with Gasteiger partial charge in [-0.15, -0.1) is 11.3 Å². The summed E-state index contributed by atoms with van der Waals surface area (Å²) in [7, 11) is -0.544. The van der Waals surface area contributed by atoms with Gasteiger partial charge in [0.2, 0.25) is 10.0 Å². The highest BCUT2D eigenvalue weighted by atomic mass is 32.2. The molecule has 7 heteroatoms. The van der Waals surface area contributed by atoms with Crippen molar-refractivity contribution in [2.24, 2.45) is 0 Å². The van der Waals surface area contributed by atoms with E-state index in [1.807, 2.05) is 19.9 Å². The van der Waals surface area contributed by atoms with E-state index >= 15 is 0 Å². The number of sulfonamides is 1. The van der Waals surface area contributed by atoms with Crippen LogP contribution in [-0.2, 0) is 27.8 Å². The van der Waals surface area contributed by atoms with Crippen LogP contribution in [0.5, 0.6) is 0 Å². The number of hydrogen-bond acceptors (Lipinski definition) is 5. The van der Waals surface area contributed by atoms with Crippen LogP contribution in [0.4, 0.5) is 0 Å². The van der Waals surface area contributed by atoms with Crippen molar-refractivity contribution >= 4 is 27.3 Å². The molecule has 0 radical (unpaired) electrons. The van der Waals surface area contributed by atoms with E-state index in [2.05, 4.69) is 0 Å². The number of ether oxygens (including phenoxy) is 1. The number of esters is 1. The molecule has 2 aromatic rings. The Morgan fingerprint density at radius 1 is 1.25 bits per heavy atom. The average Bonchev–Trinajstić information content (AvgIpc) is 2.93. The van der Waals surface area contributed by atoms with Crippen LogP contribution in [0.1, 0.15) is 32.6 Å². The third-order valence-electron chi connectivity index (χ3n) is 3.65. The average molecular weight is 367 g/mol. The van der Waals surface area contributed by atoms with Crippen LogP contribution in [0, 0.1) is 6.92 Å². The first kappa shape index (κ1) is 18.6. The van der Waals surface area contributed by atoms with Gasteiger partial charge in [-0.2, -0.15) is 0 Å². The molecular weight excluding hydrogens is 346 g/mol. The summed E-state index contributed by atoms with van der Waals surface area (Å²) in [5, 5.41) is 0. The fraction of sp³-hybridized carbons (Fsp3) is 0.353. The highest BCUT2D eigenvalue weighted by molar-refractivity contribution is 7.89. The number of rotatable bonds is 6. The van der Waals surface area contributed by atoms with Crippen molar-refractivity contribution in [3.8, 4) is 0 Å². The maximum atomic E-state index is 12.2. The maximum Gasteiger partial charge on any atom is 0.348 e. The van der Waals surface area contributed by atoms with E-state index in [0.29, 0.717) is 10.4 Å². The van der Waals surface area contributed by atoms with E-state index < -0.39 is 10.0 Å². The summed E-state index contributed by atoms with van der Waals surface area (Å²) < 4.78 is 30.7. The lowest BCUT2D eigenvalue weighted by Crippen LogP contribution is -2.22. The Kier molecular flexibility index (Phi) is 5.79. The minimum absolute atomic E-state index is 0.0357. The molecule has 0 aliphatic rings. The molecular formula is C17H21NO4S2. The third kappa shape index (κ3) is 4.03. The van der Waals surface area contributed by atoms with E-state index in [-0.39, 0.29) is 17.5 Å². The number of hydrogen-bond donors (Lipinski definition) is 0. The van der Waals surface area contributed by atoms with Gasteiger partial charge in [0.1, 0.15) is 11.5 Å². The minimum Gasteiger partial charge on any atom is -0.457 e. The molecule has 0 aliphatic carbocycles. The first-order valence-corrected chi connectivity index (χ1v) is 9.79. The molecule has 0 N–H and O–H groups in total. The molecule has 0 saturated heterocycles. The Balaban J connectivity index is 2.10. The fourth-order valence-corrected chi connectivity index (χ4v) is 4.18. The molecule has 0 saturated carbocycles. The molecule has 24 heavy (non-hydrogen) atoms. The van der Waals surface area contributed by atoms with Crippen LogP contribution in [-0.4, -0.2) is 32.8 Å². The van der Waals surface area contributed by atoms with E-state index in [9.17, 15) is 13.2 Å². The van der Waals surface area contributed by atoms with Gasteiger partial charge in [0, 0.05) is 19.0 Å². The van der Waals surface area contributed by atoms with Crippen molar-refractivity contribution in [2.45, 2.75) is 31.8 Å². The van der Waals surface area contributed by atoms with Crippen molar-refractivity contribution in [3.05, 3.63) is 51.2 Å². The first-order valence-electron chi connectivity index (χ1n) is 7.53. The van der Waals surface area contributed by atoms with E-state index in [1.165, 1.54) is 37.6 Å². The van der Waals surface area contributed by atoms with Gasteiger partial charge in [0.25, 0.3) is 0 Å². The van der Waals surface area contributed by atoms with E-state index in [1.54, 1.807) is 12.1 Å². The predicted octanol–water partition coefficient (Wildman–Crippen LogP) is 3.23. The molecule has 1 aromatic carbocycles. The molecule has 0 bridgehead atoms. The molecule has 5 nitrogen and oxygen atoms in total. The van der Waals surface area contributed by atoms with Crippen LogP contribution in [0.25, 0.3) is 0 Å². The smallest absolute Gasteiger partial charge is 0.348 e. The summed E-state index contributed by atoms with van der Waals surface area (Å²) in [4.78, 5) is 14.0. The zero-order chi connectivity index (χ0) is 17.9. The Morgan fingerprint density at radius 2 is 1.96 bits per heavy atom. The zero-order valence-corrected chi connectivity index (χ0v) is 15.8. The van der Waals surface area contributed by atoms with Gasteiger partial charge < -0.3 is 4.74 Å². The number of carbonyl (C=O) groups is 1. The molecule has 2 rings (SSSR count). The van der Waals surface area contributed by atoms with Crippen LogP contribution in [0.3, 0.4) is 0 Å². The highest BCUT2D eigenvalue weighted by Gasteiger charge is 2.18. The van der Waals surface area contributed by atoms with Crippen molar-refractivity contribution < 1.29 is 17.9 Å². The summed E-state index contributed by atoms with van der Waals surface area (Å²) in [6.07, 6.45) is 0.875. The quantitative estimate of drug-likeness (QED) is 0.736. The van der Waals surface area contributed by atoms with Crippen LogP contribution < -0.4 is 0 Å². The minimum atomic E-state index is -3.50. The standard InChI is InChI=1S/C17H21NO4S2/c1-5-14-10-16(23-12(14)2)17(19)22-11-13-7-6-8-15(9-13)24(20,21)18(3)4/h6-10H,5,11H2,1-4H3. The summed E-state index contributed by atoms with van der Waals surface area (Å²) in [5.41, 5.74) is 1.78. The predicted molar refractivity (Wildman–Crippen MR) is 94.9 cm³/mol. The molecule has 130 valence electrons. The zero-order valence-electron chi connectivity index (χ0n) is 14.2. The molecule has 1 aromatic heterocycles. The van der Waals surface area contributed by atoms with Crippen molar-refractivity contribution in [1.29, 1.82) is 0 Å². The van der Waals surface area contributed by atoms with Gasteiger partial charge in [-0.1, -0.05) is 19.1 Å². The molecule has 0 amide bonds. The summed E-state index contributed by atoms with van der Waals surface area (Å²) in [6.45, 7) is 4.06. The lowest BCUT2D eigenvalue weighted by molar-refractivity contribution is 0.0478. The highest BCUT2D eigenvalue weighted by Crippen LogP contribution is 2.23. The molecule has 0 unspecified atom stereocenters.